The number of nitrogens with one attached hydrogen (secondary N) is 1. The molecule has 0 aromatic carbocycles. The lowest BCUT2D eigenvalue weighted by Gasteiger charge is -1.74. The Bertz CT molecular complexity index is 117. The smallest absolute Gasteiger partial charge is 0.378 e. The fourth-order valence-corrected chi connectivity index (χ4v) is 0.0617. The van der Waals surface area contributed by atoms with Crippen molar-refractivity contribution < 1.29 is 14.7 Å². The zero-order valence-electron chi connectivity index (χ0n) is 3.34. The lowest BCUT2D eigenvalue weighted by atomic mass is 10.4. The van der Waals surface area contributed by atoms with E-state index in [0.717, 1.165) is 0 Å². The zero-order valence-corrected chi connectivity index (χ0v) is 3.34. The lowest BCUT2D eigenvalue weighted by Crippen LogP contribution is -2.12. The van der Waals surface area contributed by atoms with Crippen molar-refractivity contribution in [2.24, 2.45) is 0 Å². The van der Waals surface area contributed by atoms with E-state index in [1.165, 1.54) is 0 Å². The van der Waals surface area contributed by atoms with Gasteiger partial charge in [0.25, 0.3) is 5.78 Å². The summed E-state index contributed by atoms with van der Waals surface area (Å²) >= 11 is 0. The van der Waals surface area contributed by atoms with E-state index in [4.69, 9.17) is 10.5 Å². The Morgan fingerprint density at radius 2 is 2.00 bits per heavy atom. The van der Waals surface area contributed by atoms with E-state index in [0.29, 0.717) is 0 Å². The topological polar surface area (TPSA) is 78.2 Å². The Balaban J connectivity index is 3.81. The molecule has 0 atom stereocenters. The fraction of sp³-hybridized carbons (Fsp3) is 0. The highest BCUT2D eigenvalue weighted by Crippen LogP contribution is 1.60. The molecule has 0 aromatic rings. The van der Waals surface area contributed by atoms with Crippen molar-refractivity contribution in [3.63, 3.8) is 0 Å². The van der Waals surface area contributed by atoms with Crippen LogP contribution in [0.2, 0.25) is 0 Å². The van der Waals surface area contributed by atoms with Gasteiger partial charge in [-0.15, -0.1) is 0 Å². The number of carbonyl (C=O) groups excluding carboxylic acids is 1. The molecule has 0 radical (unpaired) electrons. The van der Waals surface area contributed by atoms with Crippen molar-refractivity contribution in [1.82, 2.24) is 0 Å². The van der Waals surface area contributed by atoms with Gasteiger partial charge in [-0.3, -0.25) is 4.79 Å². The molecule has 4 heteroatoms. The molecule has 0 bridgehead atoms. The SMILES string of the molecule is N=CC(=O)C(=O)O. The van der Waals surface area contributed by atoms with Crippen LogP contribution in [-0.4, -0.2) is 23.1 Å². The number of carboxylic acids is 1. The van der Waals surface area contributed by atoms with Crippen molar-refractivity contribution in [2.45, 2.75) is 0 Å². The molecule has 0 saturated carbocycles. The monoisotopic (exact) mass is 101 g/mol. The minimum atomic E-state index is -1.59. The van der Waals surface area contributed by atoms with Crippen LogP contribution in [0.4, 0.5) is 0 Å². The second kappa shape index (κ2) is 2.07. The summed E-state index contributed by atoms with van der Waals surface area (Å²) in [4.78, 5) is 19.1. The van der Waals surface area contributed by atoms with Crippen LogP contribution in [0.25, 0.3) is 0 Å². The fourth-order valence-electron chi connectivity index (χ4n) is 0.0617. The highest BCUT2D eigenvalue weighted by atomic mass is 16.4. The van der Waals surface area contributed by atoms with Gasteiger partial charge in [-0.05, 0) is 0 Å². The first kappa shape index (κ1) is 5.81. The molecule has 0 aliphatic rings. The summed E-state index contributed by atoms with van der Waals surface area (Å²) in [7, 11) is 0. The van der Waals surface area contributed by atoms with Crippen LogP contribution < -0.4 is 0 Å². The standard InChI is InChI=1S/C3H3NO3/c4-1-2(5)3(6)7/h1,4H,(H,6,7). The summed E-state index contributed by atoms with van der Waals surface area (Å²) in [5.41, 5.74) is 0. The van der Waals surface area contributed by atoms with Gasteiger partial charge in [-0.25, -0.2) is 4.79 Å². The number of Topliss-reactive ketones (excluding diaryl/α,β-unsaturated/α-hetero) is 1. The largest absolute Gasteiger partial charge is 0.475 e. The van der Waals surface area contributed by atoms with Crippen LogP contribution in [0.5, 0.6) is 0 Å². The average Bonchev–Trinajstić information content (AvgIpc) is 1.65. The van der Waals surface area contributed by atoms with Crippen molar-refractivity contribution in [3.8, 4) is 0 Å². The minimum absolute atomic E-state index is 0.252. The van der Waals surface area contributed by atoms with Crippen molar-refractivity contribution in [2.75, 3.05) is 0 Å². The Morgan fingerprint density at radius 3 is 2.00 bits per heavy atom. The summed E-state index contributed by atoms with van der Waals surface area (Å²) in [5, 5.41) is 13.8. The third-order valence-corrected chi connectivity index (χ3v) is 0.342. The molecule has 4 nitrogen and oxygen atoms in total. The first-order chi connectivity index (χ1) is 3.18. The minimum Gasteiger partial charge on any atom is -0.475 e. The molecule has 2 N–H and O–H groups in total. The maximum absolute atomic E-state index is 9.67. The van der Waals surface area contributed by atoms with Crippen LogP contribution in [0, 0.1) is 5.41 Å². The van der Waals surface area contributed by atoms with Gasteiger partial charge in [0, 0.05) is 0 Å². The number of aliphatic carboxylic acids is 1. The third kappa shape index (κ3) is 1.64. The molecule has 7 heavy (non-hydrogen) atoms. The first-order valence-corrected chi connectivity index (χ1v) is 1.46. The summed E-state index contributed by atoms with van der Waals surface area (Å²) in [6, 6.07) is 0. The van der Waals surface area contributed by atoms with Crippen molar-refractivity contribution in [3.05, 3.63) is 0 Å². The second-order valence-electron chi connectivity index (χ2n) is 0.814. The quantitative estimate of drug-likeness (QED) is 0.356. The van der Waals surface area contributed by atoms with Gasteiger partial charge >= 0.3 is 5.97 Å². The van der Waals surface area contributed by atoms with E-state index >= 15 is 0 Å². The molecule has 0 fully saturated rings. The Hall–Kier alpha value is -1.19. The Morgan fingerprint density at radius 1 is 1.57 bits per heavy atom. The van der Waals surface area contributed by atoms with Crippen molar-refractivity contribution in [1.29, 1.82) is 5.41 Å². The zero-order chi connectivity index (χ0) is 5.86. The molecule has 0 saturated heterocycles. The van der Waals surface area contributed by atoms with Gasteiger partial charge in [0.1, 0.15) is 0 Å². The van der Waals surface area contributed by atoms with E-state index < -0.39 is 11.8 Å². The number of carboxylic acid groups (broad SMARTS) is 1. The highest BCUT2D eigenvalue weighted by molar-refractivity contribution is 6.55. The van der Waals surface area contributed by atoms with E-state index in [1.807, 2.05) is 0 Å². The van der Waals surface area contributed by atoms with Gasteiger partial charge in [0.2, 0.25) is 0 Å². The lowest BCUT2D eigenvalue weighted by molar-refractivity contribution is -0.145. The summed E-state index contributed by atoms with van der Waals surface area (Å²) in [5.74, 6) is -2.78. The Kier molecular flexibility index (Phi) is 1.72. The molecule has 0 aromatic heterocycles. The molecule has 0 rings (SSSR count). The molecule has 0 aliphatic carbocycles. The molecule has 0 heterocycles. The number of hydrogen-bond acceptors (Lipinski definition) is 3. The maximum atomic E-state index is 9.67. The molecule has 0 unspecified atom stereocenters. The summed E-state index contributed by atoms with van der Waals surface area (Å²) in [6.07, 6.45) is 0.252. The maximum Gasteiger partial charge on any atom is 0.378 e. The summed E-state index contributed by atoms with van der Waals surface area (Å²) in [6.45, 7) is 0. The third-order valence-electron chi connectivity index (χ3n) is 0.342. The predicted molar refractivity (Wildman–Crippen MR) is 21.4 cm³/mol. The van der Waals surface area contributed by atoms with E-state index in [1.54, 1.807) is 0 Å². The van der Waals surface area contributed by atoms with E-state index in [-0.39, 0.29) is 6.21 Å². The van der Waals surface area contributed by atoms with Gasteiger partial charge < -0.3 is 10.5 Å². The molecule has 0 amide bonds. The first-order valence-electron chi connectivity index (χ1n) is 1.46. The van der Waals surface area contributed by atoms with Gasteiger partial charge in [0.05, 0.1) is 6.21 Å². The molecule has 0 spiro atoms. The van der Waals surface area contributed by atoms with Crippen LogP contribution in [0.15, 0.2) is 0 Å². The Labute approximate surface area is 39.3 Å². The molecule has 0 aliphatic heterocycles. The van der Waals surface area contributed by atoms with E-state index in [2.05, 4.69) is 0 Å². The molecular formula is C3H3NO3. The van der Waals surface area contributed by atoms with Gasteiger partial charge in [-0.2, -0.15) is 0 Å². The summed E-state index contributed by atoms with van der Waals surface area (Å²) < 4.78 is 0. The molecular weight excluding hydrogens is 98.0 g/mol. The number of ketones is 1. The normalized spacial score (nSPS) is 7.43. The van der Waals surface area contributed by atoms with Gasteiger partial charge in [-0.1, -0.05) is 0 Å². The number of rotatable bonds is 2. The van der Waals surface area contributed by atoms with Gasteiger partial charge in [0.15, 0.2) is 0 Å². The predicted octanol–water partition coefficient (Wildman–Crippen LogP) is -0.710. The molecule has 38 valence electrons. The number of hydrogen-bond donors (Lipinski definition) is 2. The van der Waals surface area contributed by atoms with Crippen LogP contribution in [0.1, 0.15) is 0 Å². The highest BCUT2D eigenvalue weighted by Gasteiger charge is 2.04. The van der Waals surface area contributed by atoms with Crippen LogP contribution in [0.3, 0.4) is 0 Å². The van der Waals surface area contributed by atoms with Crippen LogP contribution >= 0.6 is 0 Å². The average molecular weight is 101 g/mol. The number of carbonyl (C=O) groups is 2. The van der Waals surface area contributed by atoms with E-state index in [9.17, 15) is 9.59 Å². The second-order valence-corrected chi connectivity index (χ2v) is 0.814. The van der Waals surface area contributed by atoms with Crippen LogP contribution in [-0.2, 0) is 9.59 Å². The van der Waals surface area contributed by atoms with Crippen molar-refractivity contribution >= 4 is 18.0 Å².